The lowest BCUT2D eigenvalue weighted by atomic mass is 10.3. The summed E-state index contributed by atoms with van der Waals surface area (Å²) in [6.07, 6.45) is 1.86. The molecule has 2 N–H and O–H groups in total. The van der Waals surface area contributed by atoms with Crippen LogP contribution in [0.25, 0.3) is 0 Å². The van der Waals surface area contributed by atoms with Crippen molar-refractivity contribution in [1.82, 2.24) is 10.6 Å². The highest BCUT2D eigenvalue weighted by Gasteiger charge is 2.05. The normalized spacial score (nSPS) is 10.7. The van der Waals surface area contributed by atoms with Crippen molar-refractivity contribution in [2.45, 2.75) is 6.10 Å². The Labute approximate surface area is 80.3 Å². The lowest BCUT2D eigenvalue weighted by Gasteiger charge is -2.16. The van der Waals surface area contributed by atoms with Crippen molar-refractivity contribution in [2.75, 3.05) is 40.6 Å². The van der Waals surface area contributed by atoms with Crippen LogP contribution in [0.2, 0.25) is 0 Å². The first-order chi connectivity index (χ1) is 6.35. The molecule has 0 aliphatic rings. The molecule has 0 rings (SSSR count). The molecular weight excluding hydrogens is 168 g/mol. The summed E-state index contributed by atoms with van der Waals surface area (Å²) in [5, 5.41) is 6.11. The average molecular weight is 188 g/mol. The van der Waals surface area contributed by atoms with Gasteiger partial charge >= 0.3 is 0 Å². The number of likely N-dealkylation sites (N-methyl/N-ethyl adjacent to an activating group) is 2. The average Bonchev–Trinajstić information content (AvgIpc) is 2.13. The summed E-state index contributed by atoms with van der Waals surface area (Å²) in [6, 6.07) is 0. The van der Waals surface area contributed by atoms with Gasteiger partial charge in [-0.3, -0.25) is 0 Å². The molecule has 0 heterocycles. The van der Waals surface area contributed by atoms with Crippen LogP contribution in [-0.4, -0.2) is 46.7 Å². The molecule has 0 amide bonds. The second kappa shape index (κ2) is 9.67. The van der Waals surface area contributed by atoms with E-state index in [9.17, 15) is 0 Å². The summed E-state index contributed by atoms with van der Waals surface area (Å²) in [6.45, 7) is 6.03. The van der Waals surface area contributed by atoms with Gasteiger partial charge in [0.2, 0.25) is 0 Å². The Morgan fingerprint density at radius 2 is 1.92 bits per heavy atom. The summed E-state index contributed by atoms with van der Waals surface area (Å²) in [7, 11) is 3.80. The molecule has 0 atom stereocenters. The lowest BCUT2D eigenvalue weighted by molar-refractivity contribution is -0.0790. The van der Waals surface area contributed by atoms with Crippen molar-refractivity contribution in [3.63, 3.8) is 0 Å². The van der Waals surface area contributed by atoms with Crippen molar-refractivity contribution in [1.29, 1.82) is 0 Å². The van der Waals surface area contributed by atoms with E-state index in [0.717, 1.165) is 13.1 Å². The number of nitrogens with one attached hydrogen (secondary N) is 2. The molecule has 0 saturated carbocycles. The van der Waals surface area contributed by atoms with Gasteiger partial charge < -0.3 is 20.1 Å². The summed E-state index contributed by atoms with van der Waals surface area (Å²) >= 11 is 0. The Morgan fingerprint density at radius 3 is 2.38 bits per heavy atom. The Balaban J connectivity index is 3.37. The van der Waals surface area contributed by atoms with E-state index in [1.54, 1.807) is 6.08 Å². The molecule has 0 spiro atoms. The molecule has 0 radical (unpaired) electrons. The molecule has 4 nitrogen and oxygen atoms in total. The highest BCUT2D eigenvalue weighted by atomic mass is 16.7. The summed E-state index contributed by atoms with van der Waals surface area (Å²) < 4.78 is 10.5. The van der Waals surface area contributed by atoms with Gasteiger partial charge in [-0.15, -0.1) is 6.58 Å². The van der Waals surface area contributed by atoms with Crippen molar-refractivity contribution in [2.24, 2.45) is 0 Å². The Kier molecular flexibility index (Phi) is 9.35. The molecule has 0 aromatic carbocycles. The van der Waals surface area contributed by atoms with E-state index >= 15 is 0 Å². The first kappa shape index (κ1) is 12.6. The van der Waals surface area contributed by atoms with E-state index in [2.05, 4.69) is 17.2 Å². The predicted molar refractivity (Wildman–Crippen MR) is 53.7 cm³/mol. The molecule has 0 unspecified atom stereocenters. The fraction of sp³-hybridized carbons (Fsp3) is 0.778. The molecular formula is C9H20N2O2. The van der Waals surface area contributed by atoms with Crippen LogP contribution in [-0.2, 0) is 9.47 Å². The zero-order valence-corrected chi connectivity index (χ0v) is 8.51. The minimum atomic E-state index is 0.153. The molecule has 13 heavy (non-hydrogen) atoms. The molecule has 0 aromatic rings. The van der Waals surface area contributed by atoms with Crippen LogP contribution >= 0.6 is 0 Å². The molecule has 0 bridgehead atoms. The smallest absolute Gasteiger partial charge is 0.147 e. The van der Waals surface area contributed by atoms with Crippen LogP contribution in [0.4, 0.5) is 0 Å². The quantitative estimate of drug-likeness (QED) is 0.303. The maximum Gasteiger partial charge on any atom is 0.147 e. The van der Waals surface area contributed by atoms with E-state index in [1.165, 1.54) is 0 Å². The van der Waals surface area contributed by atoms with E-state index in [0.29, 0.717) is 13.4 Å². The standard InChI is InChI=1S/C9H20N2O2/c1-4-5-12-8-13-9(6-10-2)7-11-3/h4,9-11H,1,5-8H2,2-3H3. The van der Waals surface area contributed by atoms with Crippen LogP contribution in [0.3, 0.4) is 0 Å². The van der Waals surface area contributed by atoms with Crippen LogP contribution in [0, 0.1) is 0 Å². The Bertz CT molecular complexity index is 114. The van der Waals surface area contributed by atoms with E-state index < -0.39 is 0 Å². The van der Waals surface area contributed by atoms with Crippen molar-refractivity contribution in [3.05, 3.63) is 12.7 Å². The SMILES string of the molecule is C=CCOCOC(CNC)CNC. The number of hydrogen-bond acceptors (Lipinski definition) is 4. The maximum atomic E-state index is 5.43. The van der Waals surface area contributed by atoms with Gasteiger partial charge in [0.05, 0.1) is 12.7 Å². The minimum Gasteiger partial charge on any atom is -0.351 e. The fourth-order valence-corrected chi connectivity index (χ4v) is 0.921. The van der Waals surface area contributed by atoms with Crippen molar-refractivity contribution >= 4 is 0 Å². The van der Waals surface area contributed by atoms with Gasteiger partial charge in [-0.05, 0) is 14.1 Å². The number of rotatable bonds is 9. The molecule has 0 aromatic heterocycles. The van der Waals surface area contributed by atoms with Crippen molar-refractivity contribution < 1.29 is 9.47 Å². The van der Waals surface area contributed by atoms with Crippen LogP contribution in [0.15, 0.2) is 12.7 Å². The van der Waals surface area contributed by atoms with Gasteiger partial charge in [-0.2, -0.15) is 0 Å². The summed E-state index contributed by atoms with van der Waals surface area (Å²) in [4.78, 5) is 0. The maximum absolute atomic E-state index is 5.43. The predicted octanol–water partition coefficient (Wildman–Crippen LogP) is -0.0295. The lowest BCUT2D eigenvalue weighted by Crippen LogP contribution is -2.35. The highest BCUT2D eigenvalue weighted by Crippen LogP contribution is 1.89. The van der Waals surface area contributed by atoms with Gasteiger partial charge in [0.1, 0.15) is 6.79 Å². The molecule has 78 valence electrons. The Morgan fingerprint density at radius 1 is 1.31 bits per heavy atom. The van der Waals surface area contributed by atoms with Crippen LogP contribution in [0.1, 0.15) is 0 Å². The Hall–Kier alpha value is -0.420. The number of ether oxygens (including phenoxy) is 2. The third kappa shape index (κ3) is 7.93. The second-order valence-electron chi connectivity index (χ2n) is 2.68. The largest absolute Gasteiger partial charge is 0.351 e. The monoisotopic (exact) mass is 188 g/mol. The second-order valence-corrected chi connectivity index (χ2v) is 2.68. The zero-order valence-electron chi connectivity index (χ0n) is 8.51. The van der Waals surface area contributed by atoms with Crippen LogP contribution < -0.4 is 10.6 Å². The van der Waals surface area contributed by atoms with E-state index in [1.807, 2.05) is 14.1 Å². The highest BCUT2D eigenvalue weighted by molar-refractivity contribution is 4.64. The van der Waals surface area contributed by atoms with Gasteiger partial charge in [-0.25, -0.2) is 0 Å². The fourth-order valence-electron chi connectivity index (χ4n) is 0.921. The van der Waals surface area contributed by atoms with Gasteiger partial charge in [0, 0.05) is 13.1 Å². The summed E-state index contributed by atoms with van der Waals surface area (Å²) in [5.74, 6) is 0. The molecule has 0 saturated heterocycles. The topological polar surface area (TPSA) is 42.5 Å². The van der Waals surface area contributed by atoms with Crippen LogP contribution in [0.5, 0.6) is 0 Å². The van der Waals surface area contributed by atoms with Gasteiger partial charge in [0.15, 0.2) is 0 Å². The first-order valence-corrected chi connectivity index (χ1v) is 4.44. The van der Waals surface area contributed by atoms with Gasteiger partial charge in [0.25, 0.3) is 0 Å². The first-order valence-electron chi connectivity index (χ1n) is 4.44. The van der Waals surface area contributed by atoms with E-state index in [4.69, 9.17) is 9.47 Å². The molecule has 0 aliphatic heterocycles. The third-order valence-corrected chi connectivity index (χ3v) is 1.49. The van der Waals surface area contributed by atoms with Gasteiger partial charge in [-0.1, -0.05) is 6.08 Å². The molecule has 4 heteroatoms. The third-order valence-electron chi connectivity index (χ3n) is 1.49. The minimum absolute atomic E-state index is 0.153. The molecule has 0 aliphatic carbocycles. The number of hydrogen-bond donors (Lipinski definition) is 2. The van der Waals surface area contributed by atoms with Crippen molar-refractivity contribution in [3.8, 4) is 0 Å². The van der Waals surface area contributed by atoms with E-state index in [-0.39, 0.29) is 6.10 Å². The summed E-state index contributed by atoms with van der Waals surface area (Å²) in [5.41, 5.74) is 0. The zero-order chi connectivity index (χ0) is 9.94. The molecule has 0 fully saturated rings.